The molecule has 2 heterocycles. The van der Waals surface area contributed by atoms with Crippen molar-refractivity contribution in [3.8, 4) is 11.5 Å². The van der Waals surface area contributed by atoms with Crippen LogP contribution < -0.4 is 15.4 Å². The van der Waals surface area contributed by atoms with E-state index in [-0.39, 0.29) is 18.6 Å². The number of amides is 6. The average Bonchev–Trinajstić information content (AvgIpc) is 3.29. The van der Waals surface area contributed by atoms with Crippen LogP contribution in [-0.4, -0.2) is 46.8 Å². The number of phenolic OH excluding ortho intramolecular Hbond substituents is 1. The summed E-state index contributed by atoms with van der Waals surface area (Å²) in [7, 11) is 1.48. The van der Waals surface area contributed by atoms with E-state index in [0.29, 0.717) is 27.5 Å². The van der Waals surface area contributed by atoms with Crippen molar-refractivity contribution in [2.45, 2.75) is 25.7 Å². The van der Waals surface area contributed by atoms with Crippen molar-refractivity contribution in [3.63, 3.8) is 0 Å². The minimum atomic E-state index is -1.30. The molecule has 2 aromatic rings. The zero-order valence-electron chi connectivity index (χ0n) is 21.4. The highest BCUT2D eigenvalue weighted by atomic mass is 16.5. The molecule has 10 heteroatoms. The number of imide groups is 4. The number of para-hydroxylation sites is 1. The van der Waals surface area contributed by atoms with Crippen LogP contribution in [0.25, 0.3) is 0 Å². The Morgan fingerprint density at radius 1 is 1.03 bits per heavy atom. The number of allylic oxidation sites excluding steroid dienone is 2. The van der Waals surface area contributed by atoms with Crippen LogP contribution >= 0.6 is 0 Å². The van der Waals surface area contributed by atoms with E-state index in [1.807, 2.05) is 6.08 Å². The molecule has 0 unspecified atom stereocenters. The topological polar surface area (TPSA) is 147 Å². The lowest BCUT2D eigenvalue weighted by atomic mass is 9.51. The summed E-state index contributed by atoms with van der Waals surface area (Å²) in [5, 5.41) is 11.1. The van der Waals surface area contributed by atoms with Gasteiger partial charge in [-0.05, 0) is 56.0 Å². The molecular formula is C29H27N3O7. The number of nitrogens with two attached hydrogens (primary N) is 1. The number of rotatable bonds is 3. The van der Waals surface area contributed by atoms with E-state index >= 15 is 0 Å². The maximum absolute atomic E-state index is 14.3. The molecular weight excluding hydrogens is 502 g/mol. The first-order valence-electron chi connectivity index (χ1n) is 12.8. The third kappa shape index (κ3) is 3.23. The van der Waals surface area contributed by atoms with Gasteiger partial charge in [0.2, 0.25) is 23.6 Å². The summed E-state index contributed by atoms with van der Waals surface area (Å²) < 4.78 is 5.41. The minimum Gasteiger partial charge on any atom is -0.508 e. The molecule has 6 rings (SSSR count). The molecule has 39 heavy (non-hydrogen) atoms. The number of primary amides is 1. The summed E-state index contributed by atoms with van der Waals surface area (Å²) >= 11 is 0. The summed E-state index contributed by atoms with van der Waals surface area (Å²) in [6, 6.07) is 12.2. The van der Waals surface area contributed by atoms with Gasteiger partial charge in [0, 0.05) is 11.5 Å². The smallest absolute Gasteiger partial charge is 0.328 e. The van der Waals surface area contributed by atoms with Crippen molar-refractivity contribution in [1.82, 2.24) is 4.90 Å². The lowest BCUT2D eigenvalue weighted by molar-refractivity contribution is -0.136. The number of nitrogens with zero attached hydrogens (tertiary/aromatic N) is 2. The first kappa shape index (κ1) is 24.8. The van der Waals surface area contributed by atoms with Crippen LogP contribution in [-0.2, 0) is 19.2 Å². The van der Waals surface area contributed by atoms with Gasteiger partial charge in [0.1, 0.15) is 11.5 Å². The Hall–Kier alpha value is -4.47. The normalized spacial score (nSPS) is 31.5. The highest BCUT2D eigenvalue weighted by Gasteiger charge is 2.68. The van der Waals surface area contributed by atoms with Crippen LogP contribution in [0.15, 0.2) is 60.2 Å². The van der Waals surface area contributed by atoms with Crippen molar-refractivity contribution in [3.05, 3.63) is 65.7 Å². The number of likely N-dealkylation sites (tertiary alicyclic amines) is 1. The van der Waals surface area contributed by atoms with Crippen LogP contribution in [0.2, 0.25) is 0 Å². The summed E-state index contributed by atoms with van der Waals surface area (Å²) in [6.07, 6.45) is 2.12. The van der Waals surface area contributed by atoms with Gasteiger partial charge in [0.05, 0.1) is 36.0 Å². The number of phenols is 1. The molecule has 2 saturated heterocycles. The number of carbonyl (C=O) groups is 5. The third-order valence-electron chi connectivity index (χ3n) is 9.06. The first-order valence-corrected chi connectivity index (χ1v) is 12.8. The van der Waals surface area contributed by atoms with Crippen LogP contribution in [0.4, 0.5) is 10.5 Å². The van der Waals surface area contributed by atoms with Crippen LogP contribution in [0, 0.1) is 29.1 Å². The van der Waals surface area contributed by atoms with Gasteiger partial charge in [0.15, 0.2) is 0 Å². The molecule has 3 fully saturated rings. The number of benzene rings is 2. The molecule has 200 valence electrons. The maximum Gasteiger partial charge on any atom is 0.328 e. The molecule has 0 spiro atoms. The monoisotopic (exact) mass is 529 g/mol. The molecule has 4 aliphatic rings. The van der Waals surface area contributed by atoms with Gasteiger partial charge in [-0.15, -0.1) is 0 Å². The van der Waals surface area contributed by atoms with E-state index < -0.39 is 64.7 Å². The lowest BCUT2D eigenvalue weighted by Crippen LogP contribution is -2.49. The van der Waals surface area contributed by atoms with Gasteiger partial charge in [-0.3, -0.25) is 19.2 Å². The van der Waals surface area contributed by atoms with E-state index in [2.05, 4.69) is 0 Å². The second kappa shape index (κ2) is 8.52. The number of aromatic hydroxyl groups is 1. The number of hydrogen-bond donors (Lipinski definition) is 2. The Morgan fingerprint density at radius 3 is 2.41 bits per heavy atom. The van der Waals surface area contributed by atoms with E-state index in [1.165, 1.54) is 18.1 Å². The number of methoxy groups -OCH3 is 1. The molecule has 3 N–H and O–H groups in total. The van der Waals surface area contributed by atoms with E-state index in [4.69, 9.17) is 10.5 Å². The molecule has 2 aliphatic carbocycles. The molecule has 2 aliphatic heterocycles. The fourth-order valence-corrected chi connectivity index (χ4v) is 7.29. The molecule has 6 atom stereocenters. The largest absolute Gasteiger partial charge is 0.508 e. The van der Waals surface area contributed by atoms with Crippen LogP contribution in [0.1, 0.15) is 31.2 Å². The van der Waals surface area contributed by atoms with Gasteiger partial charge in [-0.25, -0.2) is 9.69 Å². The zero-order chi connectivity index (χ0) is 27.8. The molecule has 0 radical (unpaired) electrons. The summed E-state index contributed by atoms with van der Waals surface area (Å²) in [5.41, 5.74) is 5.57. The fraction of sp³-hybridized carbons (Fsp3) is 0.345. The van der Waals surface area contributed by atoms with Crippen molar-refractivity contribution < 1.29 is 33.8 Å². The van der Waals surface area contributed by atoms with Gasteiger partial charge in [-0.1, -0.05) is 29.8 Å². The summed E-state index contributed by atoms with van der Waals surface area (Å²) in [6.45, 7) is 1.73. The van der Waals surface area contributed by atoms with Gasteiger partial charge < -0.3 is 15.6 Å². The average molecular weight is 530 g/mol. The number of ether oxygens (including phenoxy) is 1. The third-order valence-corrected chi connectivity index (χ3v) is 9.06. The van der Waals surface area contributed by atoms with E-state index in [1.54, 1.807) is 49.4 Å². The summed E-state index contributed by atoms with van der Waals surface area (Å²) in [5.74, 6) is -5.78. The zero-order valence-corrected chi connectivity index (χ0v) is 21.4. The number of urea groups is 1. The SMILES string of the molecule is COc1ccc(O)c([C@H]2C3=CC[C@@H]4C(=O)N(C(N)=O)C(=O)[C@@H]4[C@@H]3C[C@H]3C(=O)N(c4ccccc4)C(=O)[C@@]23C)c1. The maximum atomic E-state index is 14.3. The van der Waals surface area contributed by atoms with E-state index in [0.717, 1.165) is 0 Å². The predicted molar refractivity (Wildman–Crippen MR) is 137 cm³/mol. The Morgan fingerprint density at radius 2 is 1.74 bits per heavy atom. The molecule has 0 bridgehead atoms. The second-order valence-corrected chi connectivity index (χ2v) is 10.8. The lowest BCUT2D eigenvalue weighted by Gasteiger charge is -2.49. The Kier molecular flexibility index (Phi) is 5.43. The number of fused-ring (bicyclic) bond motifs is 4. The first-order chi connectivity index (χ1) is 18.6. The standard InChI is InChI=1S/C29H27N3O7/c1-29-20(25(35)31(27(29)37)14-6-4-3-5-7-14)13-18-16(23(29)19-12-15(39-2)8-11-21(19)33)9-10-17-22(18)26(36)32(24(17)34)28(30)38/h3-9,11-12,17-18,20,22-23,33H,10,13H2,1-2H3,(H2,30,38)/t17-,18+,20-,22-,23+,29+/m0/s1. The summed E-state index contributed by atoms with van der Waals surface area (Å²) in [4.78, 5) is 68.3. The molecule has 6 amide bonds. The Balaban J connectivity index is 1.56. The molecule has 0 aromatic heterocycles. The van der Waals surface area contributed by atoms with Gasteiger partial charge >= 0.3 is 6.03 Å². The number of hydrogen-bond acceptors (Lipinski definition) is 7. The van der Waals surface area contributed by atoms with Gasteiger partial charge in [0.25, 0.3) is 0 Å². The number of anilines is 1. The quantitative estimate of drug-likeness (QED) is 0.459. The van der Waals surface area contributed by atoms with Crippen molar-refractivity contribution in [1.29, 1.82) is 0 Å². The second-order valence-electron chi connectivity index (χ2n) is 10.8. The van der Waals surface area contributed by atoms with Crippen molar-refractivity contribution in [2.24, 2.45) is 34.8 Å². The molecule has 10 nitrogen and oxygen atoms in total. The molecule has 1 saturated carbocycles. The minimum absolute atomic E-state index is 0.0876. The van der Waals surface area contributed by atoms with Crippen molar-refractivity contribution in [2.75, 3.05) is 12.0 Å². The van der Waals surface area contributed by atoms with Gasteiger partial charge in [-0.2, -0.15) is 4.90 Å². The number of carbonyl (C=O) groups excluding carboxylic acids is 5. The van der Waals surface area contributed by atoms with Crippen LogP contribution in [0.5, 0.6) is 11.5 Å². The fourth-order valence-electron chi connectivity index (χ4n) is 7.29. The Bertz CT molecular complexity index is 1480. The highest BCUT2D eigenvalue weighted by Crippen LogP contribution is 2.64. The molecule has 2 aromatic carbocycles. The predicted octanol–water partition coefficient (Wildman–Crippen LogP) is 2.71. The van der Waals surface area contributed by atoms with E-state index in [9.17, 15) is 29.1 Å². The highest BCUT2D eigenvalue weighted by molar-refractivity contribution is 6.24. The van der Waals surface area contributed by atoms with Crippen molar-refractivity contribution >= 4 is 35.3 Å². The Labute approximate surface area is 224 Å². The van der Waals surface area contributed by atoms with Crippen LogP contribution in [0.3, 0.4) is 0 Å².